The molecule has 0 bridgehead atoms. The molecule has 0 radical (unpaired) electrons. The summed E-state index contributed by atoms with van der Waals surface area (Å²) >= 11 is 1.19. The fourth-order valence-electron chi connectivity index (χ4n) is 1.27. The summed E-state index contributed by atoms with van der Waals surface area (Å²) < 4.78 is 74.6. The Bertz CT molecular complexity index is 585. The van der Waals surface area contributed by atoms with E-state index in [9.17, 15) is 26.0 Å². The summed E-state index contributed by atoms with van der Waals surface area (Å²) in [5.74, 6) is -1.80. The second-order valence-electron chi connectivity index (χ2n) is 3.32. The lowest BCUT2D eigenvalue weighted by atomic mass is 10.2. The molecule has 10 heteroatoms. The predicted molar refractivity (Wildman–Crippen MR) is 54.2 cm³/mol. The maximum atomic E-state index is 13.3. The quantitative estimate of drug-likeness (QED) is 0.476. The minimum atomic E-state index is -5.90. The number of hydrogen-bond donors (Lipinski definition) is 0. The largest absolute Gasteiger partial charge is 0.534 e. The van der Waals surface area contributed by atoms with Crippen LogP contribution in [0, 0.1) is 5.82 Å². The lowest BCUT2D eigenvalue weighted by Gasteiger charge is -2.10. The number of nitrogens with zero attached hydrogens (tertiary/aromatic N) is 1. The number of aromatic nitrogens is 1. The third-order valence-electron chi connectivity index (χ3n) is 2.07. The number of thioether (sulfide) groups is 1. The van der Waals surface area contributed by atoms with Gasteiger partial charge in [-0.05, 0) is 18.1 Å². The van der Waals surface area contributed by atoms with Crippen molar-refractivity contribution < 1.29 is 30.2 Å². The van der Waals surface area contributed by atoms with Crippen LogP contribution in [-0.4, -0.2) is 24.7 Å². The maximum absolute atomic E-state index is 13.3. The monoisotopic (exact) mass is 303 g/mol. The molecule has 0 unspecified atom stereocenters. The van der Waals surface area contributed by atoms with Crippen LogP contribution in [0.3, 0.4) is 0 Å². The van der Waals surface area contributed by atoms with Gasteiger partial charge < -0.3 is 4.18 Å². The molecule has 0 atom stereocenters. The molecular weight excluding hydrogens is 298 g/mol. The zero-order chi connectivity index (χ0) is 13.6. The molecule has 0 fully saturated rings. The Balaban J connectivity index is 2.37. The first-order valence-electron chi connectivity index (χ1n) is 4.54. The molecule has 4 nitrogen and oxygen atoms in total. The first kappa shape index (κ1) is 13.4. The van der Waals surface area contributed by atoms with Gasteiger partial charge in [0.25, 0.3) is 5.88 Å². The van der Waals surface area contributed by atoms with Crippen molar-refractivity contribution in [3.63, 3.8) is 0 Å². The third-order valence-corrected chi connectivity index (χ3v) is 4.04. The highest BCUT2D eigenvalue weighted by Gasteiger charge is 2.49. The summed E-state index contributed by atoms with van der Waals surface area (Å²) in [7, 11) is -5.90. The molecule has 0 aliphatic carbocycles. The van der Waals surface area contributed by atoms with Crippen LogP contribution in [0.1, 0.15) is 5.56 Å². The lowest BCUT2D eigenvalue weighted by molar-refractivity contribution is -0.0502. The van der Waals surface area contributed by atoms with E-state index in [2.05, 4.69) is 9.17 Å². The minimum absolute atomic E-state index is 0.281. The van der Waals surface area contributed by atoms with Crippen molar-refractivity contribution in [2.45, 2.75) is 17.0 Å². The first-order chi connectivity index (χ1) is 8.21. The highest BCUT2D eigenvalue weighted by Crippen LogP contribution is 2.34. The summed E-state index contributed by atoms with van der Waals surface area (Å²) in [5, 5.41) is 0.281. The molecule has 1 aromatic rings. The number of fused-ring (bicyclic) bond motifs is 1. The van der Waals surface area contributed by atoms with E-state index >= 15 is 0 Å². The van der Waals surface area contributed by atoms with E-state index in [4.69, 9.17) is 0 Å². The van der Waals surface area contributed by atoms with Crippen LogP contribution in [-0.2, 0) is 16.5 Å². The van der Waals surface area contributed by atoms with Crippen LogP contribution in [0.15, 0.2) is 11.1 Å². The standard InChI is InChI=1S/C8H5F4NO3S2/c9-5-3-4-1-2-17-7(4)13-6(5)16-18(14,15)8(10,11)12/h3H,1-2H2. The second-order valence-corrected chi connectivity index (χ2v) is 5.94. The number of alkyl halides is 3. The van der Waals surface area contributed by atoms with Gasteiger partial charge in [-0.1, -0.05) is 0 Å². The smallest absolute Gasteiger partial charge is 0.352 e. The van der Waals surface area contributed by atoms with Gasteiger partial charge in [0, 0.05) is 5.75 Å². The van der Waals surface area contributed by atoms with Gasteiger partial charge in [0.05, 0.1) is 0 Å². The second kappa shape index (κ2) is 4.26. The Morgan fingerprint density at radius 1 is 1.39 bits per heavy atom. The normalized spacial score (nSPS) is 15.6. The van der Waals surface area contributed by atoms with E-state index in [1.165, 1.54) is 11.8 Å². The average molecular weight is 303 g/mol. The Labute approximate surface area is 103 Å². The van der Waals surface area contributed by atoms with Crippen molar-refractivity contribution in [1.29, 1.82) is 0 Å². The van der Waals surface area contributed by atoms with Crippen LogP contribution in [0.5, 0.6) is 5.88 Å². The molecular formula is C8H5F4NO3S2. The van der Waals surface area contributed by atoms with Crippen molar-refractivity contribution in [3.8, 4) is 5.88 Å². The van der Waals surface area contributed by atoms with Gasteiger partial charge in [-0.2, -0.15) is 21.6 Å². The topological polar surface area (TPSA) is 56.3 Å². The zero-order valence-electron chi connectivity index (χ0n) is 8.49. The maximum Gasteiger partial charge on any atom is 0.534 e. The van der Waals surface area contributed by atoms with Crippen LogP contribution in [0.2, 0.25) is 0 Å². The molecule has 2 heterocycles. The van der Waals surface area contributed by atoms with E-state index in [1.54, 1.807) is 0 Å². The van der Waals surface area contributed by atoms with Crippen LogP contribution >= 0.6 is 11.8 Å². The average Bonchev–Trinajstić information content (AvgIpc) is 2.63. The van der Waals surface area contributed by atoms with Crippen molar-refractivity contribution in [2.75, 3.05) is 5.75 Å². The Morgan fingerprint density at radius 2 is 2.06 bits per heavy atom. The molecule has 0 N–H and O–H groups in total. The molecule has 18 heavy (non-hydrogen) atoms. The molecule has 1 aliphatic rings. The summed E-state index contributed by atoms with van der Waals surface area (Å²) in [6.07, 6.45) is 0.524. The highest BCUT2D eigenvalue weighted by molar-refractivity contribution is 7.99. The van der Waals surface area contributed by atoms with E-state index in [-0.39, 0.29) is 5.03 Å². The third kappa shape index (κ3) is 2.39. The summed E-state index contributed by atoms with van der Waals surface area (Å²) in [6, 6.07) is 0.934. The molecule has 1 aromatic heterocycles. The Hall–Kier alpha value is -1.03. The first-order valence-corrected chi connectivity index (χ1v) is 6.93. The lowest BCUT2D eigenvalue weighted by Crippen LogP contribution is -2.28. The number of aryl methyl sites for hydroxylation is 1. The molecule has 2 rings (SSSR count). The molecule has 0 saturated carbocycles. The fraction of sp³-hybridized carbons (Fsp3) is 0.375. The summed E-state index contributed by atoms with van der Waals surface area (Å²) in [5.41, 5.74) is -5.10. The van der Waals surface area contributed by atoms with E-state index in [0.717, 1.165) is 6.07 Å². The van der Waals surface area contributed by atoms with Gasteiger partial charge >= 0.3 is 15.6 Å². The number of halogens is 4. The molecule has 0 aromatic carbocycles. The zero-order valence-corrected chi connectivity index (χ0v) is 10.1. The van der Waals surface area contributed by atoms with Gasteiger partial charge in [-0.25, -0.2) is 9.37 Å². The van der Waals surface area contributed by atoms with Gasteiger partial charge in [0.2, 0.25) is 0 Å². The van der Waals surface area contributed by atoms with Crippen molar-refractivity contribution >= 4 is 21.9 Å². The highest BCUT2D eigenvalue weighted by atomic mass is 32.2. The molecule has 0 amide bonds. The summed E-state index contributed by atoms with van der Waals surface area (Å²) in [6.45, 7) is 0. The Morgan fingerprint density at radius 3 is 2.67 bits per heavy atom. The SMILES string of the molecule is O=S(=O)(Oc1nc2c(cc1F)CCS2)C(F)(F)F. The van der Waals surface area contributed by atoms with Crippen molar-refractivity contribution in [2.24, 2.45) is 0 Å². The number of rotatable bonds is 2. The van der Waals surface area contributed by atoms with E-state index < -0.39 is 27.3 Å². The van der Waals surface area contributed by atoms with Gasteiger partial charge in [-0.15, -0.1) is 11.8 Å². The fourth-order valence-corrected chi connectivity index (χ4v) is 2.69. The van der Waals surface area contributed by atoms with E-state index in [1.807, 2.05) is 0 Å². The predicted octanol–water partition coefficient (Wildman–Crippen LogP) is 2.10. The molecule has 0 spiro atoms. The van der Waals surface area contributed by atoms with Crippen LogP contribution < -0.4 is 4.18 Å². The Kier molecular flexibility index (Phi) is 3.18. The minimum Gasteiger partial charge on any atom is -0.352 e. The number of pyridine rings is 1. The van der Waals surface area contributed by atoms with Crippen molar-refractivity contribution in [3.05, 3.63) is 17.4 Å². The summed E-state index contributed by atoms with van der Waals surface area (Å²) in [4.78, 5) is 3.44. The van der Waals surface area contributed by atoms with Gasteiger partial charge in [0.1, 0.15) is 5.03 Å². The van der Waals surface area contributed by atoms with Gasteiger partial charge in [0.15, 0.2) is 5.82 Å². The van der Waals surface area contributed by atoms with Crippen molar-refractivity contribution in [1.82, 2.24) is 4.98 Å². The van der Waals surface area contributed by atoms with Gasteiger partial charge in [-0.3, -0.25) is 0 Å². The van der Waals surface area contributed by atoms with Crippen LogP contribution in [0.25, 0.3) is 0 Å². The van der Waals surface area contributed by atoms with Crippen LogP contribution in [0.4, 0.5) is 17.6 Å². The molecule has 1 aliphatic heterocycles. The number of hydrogen-bond acceptors (Lipinski definition) is 5. The molecule has 0 saturated heterocycles. The van der Waals surface area contributed by atoms with E-state index in [0.29, 0.717) is 17.7 Å². The molecule has 100 valence electrons.